The molecule has 2 aromatic carbocycles. The lowest BCUT2D eigenvalue weighted by Crippen LogP contribution is -2.25. The van der Waals surface area contributed by atoms with Crippen LogP contribution in [-0.2, 0) is 22.3 Å². The van der Waals surface area contributed by atoms with Crippen molar-refractivity contribution in [2.24, 2.45) is 0 Å². The Morgan fingerprint density at radius 2 is 1.83 bits per heavy atom. The lowest BCUT2D eigenvalue weighted by atomic mass is 10.1. The molecule has 0 atom stereocenters. The first kappa shape index (κ1) is 21.3. The summed E-state index contributed by atoms with van der Waals surface area (Å²) in [6.07, 6.45) is 2.83. The number of nitrogens with zero attached hydrogens (tertiary/aromatic N) is 1. The Balaban J connectivity index is 1.74. The van der Waals surface area contributed by atoms with Gasteiger partial charge in [0.25, 0.3) is 5.91 Å². The Morgan fingerprint density at radius 1 is 1.10 bits per heavy atom. The van der Waals surface area contributed by atoms with E-state index in [1.54, 1.807) is 36.4 Å². The Labute approximate surface area is 174 Å². The molecule has 9 heteroatoms. The molecule has 7 nitrogen and oxygen atoms in total. The van der Waals surface area contributed by atoms with E-state index in [-0.39, 0.29) is 23.6 Å². The van der Waals surface area contributed by atoms with Crippen molar-refractivity contribution >= 4 is 21.6 Å². The van der Waals surface area contributed by atoms with Gasteiger partial charge in [-0.05, 0) is 29.3 Å². The Kier molecular flexibility index (Phi) is 6.63. The lowest BCUT2D eigenvalue weighted by molar-refractivity contribution is 0.0950. The summed E-state index contributed by atoms with van der Waals surface area (Å²) >= 11 is 0. The van der Waals surface area contributed by atoms with Gasteiger partial charge in [0.2, 0.25) is 10.0 Å². The first-order chi connectivity index (χ1) is 14.4. The molecule has 1 heterocycles. The second kappa shape index (κ2) is 9.36. The van der Waals surface area contributed by atoms with Crippen molar-refractivity contribution in [1.29, 1.82) is 0 Å². The van der Waals surface area contributed by atoms with Gasteiger partial charge in [-0.1, -0.05) is 30.3 Å². The van der Waals surface area contributed by atoms with Gasteiger partial charge in [0.05, 0.1) is 19.1 Å². The number of pyridine rings is 1. The number of benzene rings is 2. The number of methoxy groups -OCH3 is 1. The maximum atomic E-state index is 13.0. The highest BCUT2D eigenvalue weighted by molar-refractivity contribution is 7.91. The Hall–Kier alpha value is -3.46. The smallest absolute Gasteiger partial charge is 0.251 e. The molecule has 3 rings (SSSR count). The summed E-state index contributed by atoms with van der Waals surface area (Å²) in [5.41, 5.74) is 1.51. The molecule has 0 aliphatic carbocycles. The summed E-state index contributed by atoms with van der Waals surface area (Å²) in [4.78, 5) is 16.5. The van der Waals surface area contributed by atoms with Crippen LogP contribution in [0.5, 0.6) is 5.75 Å². The molecular formula is C21H20FN3O4S. The van der Waals surface area contributed by atoms with E-state index in [4.69, 9.17) is 4.74 Å². The van der Waals surface area contributed by atoms with E-state index < -0.39 is 21.7 Å². The summed E-state index contributed by atoms with van der Waals surface area (Å²) in [6, 6.07) is 13.7. The van der Waals surface area contributed by atoms with Crippen molar-refractivity contribution in [3.63, 3.8) is 0 Å². The number of sulfonamides is 1. The maximum absolute atomic E-state index is 13.0. The van der Waals surface area contributed by atoms with Gasteiger partial charge >= 0.3 is 0 Å². The monoisotopic (exact) mass is 429 g/mol. The van der Waals surface area contributed by atoms with Gasteiger partial charge in [0, 0.05) is 24.4 Å². The molecule has 0 bridgehead atoms. The second-order valence-corrected chi connectivity index (χ2v) is 8.13. The molecule has 30 heavy (non-hydrogen) atoms. The normalized spacial score (nSPS) is 11.0. The number of amides is 1. The lowest BCUT2D eigenvalue weighted by Gasteiger charge is -2.13. The van der Waals surface area contributed by atoms with Crippen LogP contribution in [0.4, 0.5) is 10.1 Å². The Morgan fingerprint density at radius 3 is 2.57 bits per heavy atom. The summed E-state index contributed by atoms with van der Waals surface area (Å²) in [5.74, 6) is -0.869. The molecule has 0 spiro atoms. The summed E-state index contributed by atoms with van der Waals surface area (Å²) in [7, 11) is -2.42. The highest BCUT2D eigenvalue weighted by Crippen LogP contribution is 2.24. The minimum absolute atomic E-state index is 0.186. The molecule has 0 radical (unpaired) electrons. The van der Waals surface area contributed by atoms with Crippen LogP contribution in [0.1, 0.15) is 21.5 Å². The topological polar surface area (TPSA) is 97.4 Å². The van der Waals surface area contributed by atoms with Crippen molar-refractivity contribution in [2.45, 2.75) is 12.3 Å². The fourth-order valence-corrected chi connectivity index (χ4v) is 4.01. The maximum Gasteiger partial charge on any atom is 0.251 e. The molecule has 0 saturated carbocycles. The fourth-order valence-electron chi connectivity index (χ4n) is 2.79. The van der Waals surface area contributed by atoms with Crippen molar-refractivity contribution in [3.8, 4) is 5.75 Å². The van der Waals surface area contributed by atoms with Gasteiger partial charge in [-0.15, -0.1) is 0 Å². The van der Waals surface area contributed by atoms with Crippen molar-refractivity contribution in [1.82, 2.24) is 10.3 Å². The average Bonchev–Trinajstić information content (AvgIpc) is 2.73. The van der Waals surface area contributed by atoms with E-state index in [0.717, 1.165) is 5.56 Å². The number of halogens is 1. The third-order valence-corrected chi connectivity index (χ3v) is 5.46. The fraction of sp³-hybridized carbons (Fsp3) is 0.143. The van der Waals surface area contributed by atoms with Crippen LogP contribution >= 0.6 is 0 Å². The predicted octanol–water partition coefficient (Wildman–Crippen LogP) is 3.10. The molecule has 2 N–H and O–H groups in total. The molecule has 156 valence electrons. The number of hydrogen-bond donors (Lipinski definition) is 2. The van der Waals surface area contributed by atoms with Crippen LogP contribution in [0.3, 0.4) is 0 Å². The average molecular weight is 429 g/mol. The number of carbonyl (C=O) groups is 1. The van der Waals surface area contributed by atoms with Crippen LogP contribution in [0.15, 0.2) is 67.0 Å². The molecule has 0 aliphatic heterocycles. The number of anilines is 1. The van der Waals surface area contributed by atoms with Crippen molar-refractivity contribution in [2.75, 3.05) is 11.8 Å². The van der Waals surface area contributed by atoms with E-state index >= 15 is 0 Å². The number of carbonyl (C=O) groups excluding carboxylic acids is 1. The highest BCUT2D eigenvalue weighted by atomic mass is 32.2. The van der Waals surface area contributed by atoms with E-state index in [1.807, 2.05) is 0 Å². The van der Waals surface area contributed by atoms with Gasteiger partial charge in [0.15, 0.2) is 0 Å². The standard InChI is InChI=1S/C21H20FN3O4S/c1-29-20-10-11-23-13-19(20)25-30(27,28)14-16-4-2-3-5-18(16)21(26)24-12-15-6-8-17(22)9-7-15/h2-11,13,25H,12,14H2,1H3,(H,24,26). The number of nitrogens with one attached hydrogen (secondary N) is 2. The summed E-state index contributed by atoms with van der Waals surface area (Å²) in [5, 5.41) is 2.72. The quantitative estimate of drug-likeness (QED) is 0.574. The van der Waals surface area contributed by atoms with Crippen LogP contribution in [0.2, 0.25) is 0 Å². The number of rotatable bonds is 8. The first-order valence-corrected chi connectivity index (χ1v) is 10.6. The molecule has 1 aromatic heterocycles. The third kappa shape index (κ3) is 5.54. The van der Waals surface area contributed by atoms with Gasteiger partial charge in [0.1, 0.15) is 17.3 Å². The van der Waals surface area contributed by atoms with E-state index in [0.29, 0.717) is 11.3 Å². The predicted molar refractivity (Wildman–Crippen MR) is 111 cm³/mol. The SMILES string of the molecule is COc1ccncc1NS(=O)(=O)Cc1ccccc1C(=O)NCc1ccc(F)cc1. The van der Waals surface area contributed by atoms with Crippen molar-refractivity contribution in [3.05, 3.63) is 89.5 Å². The van der Waals surface area contributed by atoms with Crippen LogP contribution < -0.4 is 14.8 Å². The van der Waals surface area contributed by atoms with E-state index in [9.17, 15) is 17.6 Å². The summed E-state index contributed by atoms with van der Waals surface area (Å²) in [6.45, 7) is 0.186. The third-order valence-electron chi connectivity index (χ3n) is 4.24. The molecular weight excluding hydrogens is 409 g/mol. The second-order valence-electron chi connectivity index (χ2n) is 6.40. The molecule has 0 saturated heterocycles. The minimum Gasteiger partial charge on any atom is -0.494 e. The number of hydrogen-bond acceptors (Lipinski definition) is 5. The minimum atomic E-state index is -3.84. The first-order valence-electron chi connectivity index (χ1n) is 8.97. The van der Waals surface area contributed by atoms with Gasteiger partial charge < -0.3 is 10.1 Å². The molecule has 0 aliphatic rings. The zero-order chi connectivity index (χ0) is 21.6. The van der Waals surface area contributed by atoms with Crippen LogP contribution in [-0.4, -0.2) is 26.4 Å². The van der Waals surface area contributed by atoms with E-state index in [2.05, 4.69) is 15.0 Å². The molecule has 1 amide bonds. The van der Waals surface area contributed by atoms with Gasteiger partial charge in [-0.25, -0.2) is 12.8 Å². The highest BCUT2D eigenvalue weighted by Gasteiger charge is 2.19. The van der Waals surface area contributed by atoms with E-state index in [1.165, 1.54) is 37.7 Å². The zero-order valence-corrected chi connectivity index (χ0v) is 16.9. The number of aromatic nitrogens is 1. The molecule has 0 fully saturated rings. The number of ether oxygens (including phenoxy) is 1. The van der Waals surface area contributed by atoms with Crippen LogP contribution in [0.25, 0.3) is 0 Å². The zero-order valence-electron chi connectivity index (χ0n) is 16.1. The largest absolute Gasteiger partial charge is 0.494 e. The van der Waals surface area contributed by atoms with Gasteiger partial charge in [-0.2, -0.15) is 0 Å². The summed E-state index contributed by atoms with van der Waals surface area (Å²) < 4.78 is 45.9. The Bertz CT molecular complexity index is 1130. The van der Waals surface area contributed by atoms with Gasteiger partial charge in [-0.3, -0.25) is 14.5 Å². The molecule has 0 unspecified atom stereocenters. The van der Waals surface area contributed by atoms with Crippen LogP contribution in [0, 0.1) is 5.82 Å². The van der Waals surface area contributed by atoms with Crippen molar-refractivity contribution < 1.29 is 22.3 Å². The molecule has 3 aromatic rings.